The summed E-state index contributed by atoms with van der Waals surface area (Å²) in [4.78, 5) is 59.2. The number of rotatable bonds is 20. The first-order chi connectivity index (χ1) is 29.6. The minimum absolute atomic E-state index is 0.0141. The number of aliphatic hydroxyl groups is 2. The van der Waals surface area contributed by atoms with Crippen LogP contribution in [0.3, 0.4) is 0 Å². The Hall–Kier alpha value is -5.70. The number of esters is 1. The van der Waals surface area contributed by atoms with Gasteiger partial charge in [-0.25, -0.2) is 18.4 Å². The highest BCUT2D eigenvalue weighted by Crippen LogP contribution is 2.33. The van der Waals surface area contributed by atoms with Crippen molar-refractivity contribution in [2.75, 3.05) is 44.6 Å². The first-order valence-electron chi connectivity index (χ1n) is 21.3. The number of benzene rings is 4. The van der Waals surface area contributed by atoms with Crippen molar-refractivity contribution in [3.63, 3.8) is 0 Å². The lowest BCUT2D eigenvalue weighted by Gasteiger charge is -2.38. The summed E-state index contributed by atoms with van der Waals surface area (Å²) >= 11 is 0. The molecule has 5 rings (SSSR count). The van der Waals surface area contributed by atoms with Crippen LogP contribution in [0.5, 0.6) is 0 Å². The molecule has 1 saturated heterocycles. The summed E-state index contributed by atoms with van der Waals surface area (Å²) in [6.07, 6.45) is 1.56. The number of aromatic carboxylic acids is 1. The Labute approximate surface area is 361 Å². The van der Waals surface area contributed by atoms with Crippen LogP contribution in [0, 0.1) is 25.5 Å². The van der Waals surface area contributed by atoms with Crippen molar-refractivity contribution < 1.29 is 48.0 Å². The van der Waals surface area contributed by atoms with Crippen molar-refractivity contribution in [1.29, 1.82) is 0 Å². The SMILES string of the molecule is CCCN(CCC)C(=O)c1cc(C)cc(C(=O)O[C@](CCc2cc(F)cc(F)c2)(CNC(CCO)c2ccccc2)Nc2c(C(=O)O)cc(C)cc2C(=O)N2CCCC(O)C2)c1. The van der Waals surface area contributed by atoms with E-state index in [1.165, 1.54) is 23.1 Å². The number of nitrogens with one attached hydrogen (secondary N) is 2. The molecule has 0 saturated carbocycles. The number of halogens is 2. The predicted octanol–water partition coefficient (Wildman–Crippen LogP) is 7.45. The zero-order chi connectivity index (χ0) is 45.0. The van der Waals surface area contributed by atoms with Crippen LogP contribution in [0.4, 0.5) is 14.5 Å². The van der Waals surface area contributed by atoms with Crippen molar-refractivity contribution in [2.24, 2.45) is 0 Å². The quantitative estimate of drug-likeness (QED) is 0.0445. The van der Waals surface area contributed by atoms with E-state index in [0.717, 1.165) is 36.6 Å². The smallest absolute Gasteiger partial charge is 0.340 e. The predicted molar refractivity (Wildman–Crippen MR) is 232 cm³/mol. The monoisotopic (exact) mass is 856 g/mol. The Morgan fingerprint density at radius 1 is 0.903 bits per heavy atom. The second kappa shape index (κ2) is 21.9. The zero-order valence-electron chi connectivity index (χ0n) is 35.9. The Kier molecular flexibility index (Phi) is 16.7. The number of likely N-dealkylation sites (tertiary alicyclic amines) is 1. The molecule has 1 fully saturated rings. The van der Waals surface area contributed by atoms with Gasteiger partial charge in [-0.05, 0) is 117 Å². The van der Waals surface area contributed by atoms with Gasteiger partial charge in [-0.15, -0.1) is 0 Å². The standard InChI is InChI=1S/C48H58F2N4O8/c1-5-17-53(18-6-2)44(57)35-21-31(3)22-36(27-35)47(61)62-48(16-14-33-25-37(49)28-38(50)26-33,30-51-42(15-20-55)34-11-8-7-9-12-34)52-43-40(23-32(4)24-41(43)46(59)60)45(58)54-19-10-13-39(56)29-54/h7-9,11-12,21-28,39,42,51-52,55-56H,5-6,10,13-20,29-30H2,1-4H3,(H,59,60)/t39?,42?,48-/m1/s1. The average Bonchev–Trinajstić information content (AvgIpc) is 3.24. The molecule has 12 nitrogen and oxygen atoms in total. The van der Waals surface area contributed by atoms with E-state index in [4.69, 9.17) is 4.74 Å². The van der Waals surface area contributed by atoms with Crippen LogP contribution >= 0.6 is 0 Å². The van der Waals surface area contributed by atoms with Crippen molar-refractivity contribution in [3.8, 4) is 0 Å². The second-order valence-electron chi connectivity index (χ2n) is 16.1. The van der Waals surface area contributed by atoms with E-state index in [-0.39, 0.29) is 78.4 Å². The van der Waals surface area contributed by atoms with Crippen LogP contribution in [0.1, 0.15) is 122 Å². The number of carboxylic acids is 1. The first-order valence-corrected chi connectivity index (χ1v) is 21.3. The molecule has 2 amide bonds. The van der Waals surface area contributed by atoms with Gasteiger partial charge in [-0.3, -0.25) is 9.59 Å². The molecular formula is C48H58F2N4O8. The van der Waals surface area contributed by atoms with E-state index >= 15 is 0 Å². The Balaban J connectivity index is 1.70. The van der Waals surface area contributed by atoms with Gasteiger partial charge in [0.1, 0.15) is 11.6 Å². The number of carbonyl (C=O) groups excluding carboxylic acids is 3. The molecule has 14 heteroatoms. The zero-order valence-corrected chi connectivity index (χ0v) is 35.9. The summed E-state index contributed by atoms with van der Waals surface area (Å²) in [6, 6.07) is 19.3. The second-order valence-corrected chi connectivity index (χ2v) is 16.1. The molecule has 4 aromatic carbocycles. The molecule has 2 unspecified atom stereocenters. The number of carboxylic acid groups (broad SMARTS) is 1. The summed E-state index contributed by atoms with van der Waals surface area (Å²) < 4.78 is 35.8. The Morgan fingerprint density at radius 3 is 2.18 bits per heavy atom. The molecule has 5 N–H and O–H groups in total. The molecule has 62 heavy (non-hydrogen) atoms. The number of piperidine rings is 1. The number of aliphatic hydroxyl groups excluding tert-OH is 2. The fraction of sp³-hybridized carbons (Fsp3) is 0.417. The summed E-state index contributed by atoms with van der Waals surface area (Å²) in [5.41, 5.74) is -0.220. The molecule has 0 radical (unpaired) electrons. The third kappa shape index (κ3) is 12.5. The van der Waals surface area contributed by atoms with E-state index in [2.05, 4.69) is 10.6 Å². The van der Waals surface area contributed by atoms with Gasteiger partial charge in [0.25, 0.3) is 11.8 Å². The van der Waals surface area contributed by atoms with E-state index in [0.29, 0.717) is 43.6 Å². The van der Waals surface area contributed by atoms with Crippen molar-refractivity contribution >= 4 is 29.4 Å². The van der Waals surface area contributed by atoms with Crippen LogP contribution in [-0.2, 0) is 11.2 Å². The maximum absolute atomic E-state index is 14.7. The number of ether oxygens (including phenoxy) is 1. The third-order valence-electron chi connectivity index (χ3n) is 10.9. The molecular weight excluding hydrogens is 799 g/mol. The Morgan fingerprint density at radius 2 is 1.55 bits per heavy atom. The molecule has 1 heterocycles. The third-order valence-corrected chi connectivity index (χ3v) is 10.9. The van der Waals surface area contributed by atoms with E-state index in [1.54, 1.807) is 30.9 Å². The summed E-state index contributed by atoms with van der Waals surface area (Å²) in [7, 11) is 0. The fourth-order valence-electron chi connectivity index (χ4n) is 7.99. The van der Waals surface area contributed by atoms with E-state index in [9.17, 15) is 43.3 Å². The number of anilines is 1. The van der Waals surface area contributed by atoms with Gasteiger partial charge in [0.2, 0.25) is 0 Å². The number of nitrogens with zero attached hydrogens (tertiary/aromatic N) is 2. The van der Waals surface area contributed by atoms with Crippen LogP contribution in [0.25, 0.3) is 0 Å². The number of β-amino-alcohol motifs (C(OH)–C–C–N with tert-alkyl or cyclic N) is 1. The largest absolute Gasteiger partial charge is 0.478 e. The molecule has 0 aliphatic carbocycles. The average molecular weight is 857 g/mol. The van der Waals surface area contributed by atoms with Gasteiger partial charge in [-0.1, -0.05) is 44.2 Å². The van der Waals surface area contributed by atoms with Crippen molar-refractivity contribution in [3.05, 3.63) is 135 Å². The molecule has 0 aromatic heterocycles. The van der Waals surface area contributed by atoms with Gasteiger partial charge >= 0.3 is 11.9 Å². The van der Waals surface area contributed by atoms with E-state index < -0.39 is 47.4 Å². The molecule has 1 aliphatic rings. The highest BCUT2D eigenvalue weighted by Gasteiger charge is 2.39. The lowest BCUT2D eigenvalue weighted by atomic mass is 9.96. The number of amides is 2. The van der Waals surface area contributed by atoms with Crippen LogP contribution in [0.2, 0.25) is 0 Å². The maximum atomic E-state index is 14.7. The molecule has 4 aromatic rings. The first kappa shape index (κ1) is 47.4. The van der Waals surface area contributed by atoms with Gasteiger partial charge < -0.3 is 40.5 Å². The van der Waals surface area contributed by atoms with Crippen molar-refractivity contribution in [1.82, 2.24) is 15.1 Å². The number of hydrogen-bond donors (Lipinski definition) is 5. The molecule has 1 aliphatic heterocycles. The summed E-state index contributed by atoms with van der Waals surface area (Å²) in [6.45, 7) is 8.15. The Bertz CT molecular complexity index is 2180. The van der Waals surface area contributed by atoms with Crippen LogP contribution in [-0.4, -0.2) is 100 Å². The minimum Gasteiger partial charge on any atom is -0.478 e. The maximum Gasteiger partial charge on any atom is 0.340 e. The van der Waals surface area contributed by atoms with Crippen molar-refractivity contribution in [2.45, 2.75) is 90.5 Å². The fourth-order valence-corrected chi connectivity index (χ4v) is 7.99. The van der Waals surface area contributed by atoms with Gasteiger partial charge in [0.05, 0.1) is 35.0 Å². The van der Waals surface area contributed by atoms with Gasteiger partial charge in [0, 0.05) is 56.9 Å². The van der Waals surface area contributed by atoms with Gasteiger partial charge in [-0.2, -0.15) is 0 Å². The highest BCUT2D eigenvalue weighted by atomic mass is 19.1. The normalized spacial score (nSPS) is 15.4. The summed E-state index contributed by atoms with van der Waals surface area (Å²) in [5.74, 6) is -4.79. The van der Waals surface area contributed by atoms with Crippen LogP contribution < -0.4 is 10.6 Å². The van der Waals surface area contributed by atoms with E-state index in [1.807, 2.05) is 44.2 Å². The molecule has 3 atom stereocenters. The number of carbonyl (C=O) groups is 4. The number of hydrogen-bond acceptors (Lipinski definition) is 9. The topological polar surface area (TPSA) is 169 Å². The summed E-state index contributed by atoms with van der Waals surface area (Å²) in [5, 5.41) is 37.9. The molecule has 332 valence electrons. The lowest BCUT2D eigenvalue weighted by Crippen LogP contribution is -2.53. The lowest BCUT2D eigenvalue weighted by molar-refractivity contribution is -0.00972. The van der Waals surface area contributed by atoms with Gasteiger partial charge in [0.15, 0.2) is 5.72 Å². The van der Waals surface area contributed by atoms with Crippen LogP contribution in [0.15, 0.2) is 78.9 Å². The minimum atomic E-state index is -1.98. The highest BCUT2D eigenvalue weighted by molar-refractivity contribution is 6.06. The molecule has 0 bridgehead atoms. The molecule has 0 spiro atoms. The number of aryl methyl sites for hydroxylation is 3.